The molecule has 2 nitrogen and oxygen atoms in total. The highest BCUT2D eigenvalue weighted by Gasteiger charge is 2.29. The number of likely N-dealkylation sites (tertiary alicyclic amines) is 2. The maximum absolute atomic E-state index is 2.73. The molecule has 0 amide bonds. The Labute approximate surface area is 114 Å². The predicted molar refractivity (Wildman–Crippen MR) is 78.9 cm³/mol. The minimum absolute atomic E-state index is 0.813. The van der Waals surface area contributed by atoms with E-state index in [9.17, 15) is 0 Å². The Kier molecular flexibility index (Phi) is 5.50. The summed E-state index contributed by atoms with van der Waals surface area (Å²) in [5.74, 6) is 2.06. The zero-order valence-corrected chi connectivity index (χ0v) is 12.7. The topological polar surface area (TPSA) is 6.48 Å². The van der Waals surface area contributed by atoms with Crippen LogP contribution < -0.4 is 0 Å². The molecule has 2 aliphatic rings. The lowest BCUT2D eigenvalue weighted by atomic mass is 9.78. The largest absolute Gasteiger partial charge is 0.306 e. The van der Waals surface area contributed by atoms with Crippen LogP contribution in [-0.4, -0.2) is 49.1 Å². The maximum atomic E-state index is 2.73. The van der Waals surface area contributed by atoms with Gasteiger partial charge in [-0.2, -0.15) is 0 Å². The maximum Gasteiger partial charge on any atom is 0.00668 e. The zero-order chi connectivity index (χ0) is 13.0. The lowest BCUT2D eigenvalue weighted by Crippen LogP contribution is -2.43. The molecule has 2 saturated heterocycles. The van der Waals surface area contributed by atoms with E-state index in [4.69, 9.17) is 0 Å². The molecule has 0 bridgehead atoms. The van der Waals surface area contributed by atoms with Crippen LogP contribution in [0.2, 0.25) is 0 Å². The minimum atomic E-state index is 0.813. The van der Waals surface area contributed by atoms with Gasteiger partial charge in [0, 0.05) is 6.04 Å². The summed E-state index contributed by atoms with van der Waals surface area (Å²) in [6.07, 6.45) is 8.52. The van der Waals surface area contributed by atoms with Crippen LogP contribution in [-0.2, 0) is 0 Å². The van der Waals surface area contributed by atoms with Gasteiger partial charge < -0.3 is 9.80 Å². The third-order valence-corrected chi connectivity index (χ3v) is 5.33. The lowest BCUT2D eigenvalue weighted by molar-refractivity contribution is 0.0838. The van der Waals surface area contributed by atoms with Gasteiger partial charge in [-0.1, -0.05) is 13.3 Å². The van der Waals surface area contributed by atoms with Crippen molar-refractivity contribution in [3.8, 4) is 0 Å². The van der Waals surface area contributed by atoms with Crippen LogP contribution in [0.4, 0.5) is 0 Å². The van der Waals surface area contributed by atoms with Crippen molar-refractivity contribution in [2.45, 2.75) is 58.4 Å². The molecule has 2 aliphatic heterocycles. The van der Waals surface area contributed by atoms with Crippen LogP contribution in [0.15, 0.2) is 0 Å². The second kappa shape index (κ2) is 6.91. The van der Waals surface area contributed by atoms with Crippen LogP contribution >= 0.6 is 0 Å². The summed E-state index contributed by atoms with van der Waals surface area (Å²) in [6, 6.07) is 0.813. The molecule has 0 radical (unpaired) electrons. The first-order valence-electron chi connectivity index (χ1n) is 8.13. The molecule has 0 N–H and O–H groups in total. The molecule has 0 aromatic heterocycles. The number of nitrogens with zero attached hydrogens (tertiary/aromatic N) is 2. The zero-order valence-electron chi connectivity index (χ0n) is 12.7. The third kappa shape index (κ3) is 3.71. The monoisotopic (exact) mass is 252 g/mol. The van der Waals surface area contributed by atoms with E-state index in [1.54, 1.807) is 0 Å². The number of hydrogen-bond acceptors (Lipinski definition) is 2. The molecule has 18 heavy (non-hydrogen) atoms. The van der Waals surface area contributed by atoms with E-state index < -0.39 is 0 Å². The molecule has 0 aromatic rings. The fraction of sp³-hybridized carbons (Fsp3) is 1.00. The molecule has 2 fully saturated rings. The SMILES string of the molecule is CCCC(C)N1CCC(C2CCN(C)CC2)CC1. The van der Waals surface area contributed by atoms with Gasteiger partial charge >= 0.3 is 0 Å². The van der Waals surface area contributed by atoms with Crippen LogP contribution in [0.1, 0.15) is 52.4 Å². The van der Waals surface area contributed by atoms with Crippen LogP contribution in [0.25, 0.3) is 0 Å². The van der Waals surface area contributed by atoms with Gasteiger partial charge in [0.05, 0.1) is 0 Å². The second-order valence-corrected chi connectivity index (χ2v) is 6.65. The highest BCUT2D eigenvalue weighted by molar-refractivity contribution is 4.83. The average molecular weight is 252 g/mol. The first-order chi connectivity index (χ1) is 8.70. The van der Waals surface area contributed by atoms with E-state index in [0.717, 1.165) is 17.9 Å². The molecule has 106 valence electrons. The van der Waals surface area contributed by atoms with Gasteiger partial charge in [0.2, 0.25) is 0 Å². The van der Waals surface area contributed by atoms with Crippen molar-refractivity contribution < 1.29 is 0 Å². The Bertz CT molecular complexity index is 225. The Balaban J connectivity index is 1.73. The summed E-state index contributed by atoms with van der Waals surface area (Å²) < 4.78 is 0. The second-order valence-electron chi connectivity index (χ2n) is 6.65. The number of rotatable bonds is 4. The van der Waals surface area contributed by atoms with Gasteiger partial charge in [-0.25, -0.2) is 0 Å². The molecule has 2 heteroatoms. The Morgan fingerprint density at radius 1 is 0.944 bits per heavy atom. The van der Waals surface area contributed by atoms with Gasteiger partial charge in [-0.15, -0.1) is 0 Å². The van der Waals surface area contributed by atoms with Crippen LogP contribution in [0, 0.1) is 11.8 Å². The van der Waals surface area contributed by atoms with Gasteiger partial charge in [0.25, 0.3) is 0 Å². The highest BCUT2D eigenvalue weighted by Crippen LogP contribution is 2.32. The highest BCUT2D eigenvalue weighted by atomic mass is 15.2. The van der Waals surface area contributed by atoms with Crippen molar-refractivity contribution in [1.82, 2.24) is 9.80 Å². The summed E-state index contributed by atoms with van der Waals surface area (Å²) in [5.41, 5.74) is 0. The minimum Gasteiger partial charge on any atom is -0.306 e. The molecule has 1 unspecified atom stereocenters. The van der Waals surface area contributed by atoms with E-state index in [0.29, 0.717) is 0 Å². The fourth-order valence-corrected chi connectivity index (χ4v) is 3.93. The number of piperidine rings is 2. The summed E-state index contributed by atoms with van der Waals surface area (Å²) in [6.45, 7) is 10.1. The van der Waals surface area contributed by atoms with E-state index in [1.165, 1.54) is 64.7 Å². The van der Waals surface area contributed by atoms with E-state index >= 15 is 0 Å². The van der Waals surface area contributed by atoms with E-state index in [2.05, 4.69) is 30.7 Å². The summed E-state index contributed by atoms with van der Waals surface area (Å²) in [5, 5.41) is 0. The first-order valence-corrected chi connectivity index (χ1v) is 8.13. The smallest absolute Gasteiger partial charge is 0.00668 e. The predicted octanol–water partition coefficient (Wildman–Crippen LogP) is 3.23. The quantitative estimate of drug-likeness (QED) is 0.758. The molecule has 0 aliphatic carbocycles. The molecule has 2 heterocycles. The molecular formula is C16H32N2. The first kappa shape index (κ1) is 14.3. The summed E-state index contributed by atoms with van der Waals surface area (Å²) >= 11 is 0. The number of hydrogen-bond donors (Lipinski definition) is 0. The third-order valence-electron chi connectivity index (χ3n) is 5.33. The molecule has 0 aromatic carbocycles. The van der Waals surface area contributed by atoms with Crippen molar-refractivity contribution in [2.24, 2.45) is 11.8 Å². The van der Waals surface area contributed by atoms with Crippen LogP contribution in [0.5, 0.6) is 0 Å². The lowest BCUT2D eigenvalue weighted by Gasteiger charge is -2.41. The Morgan fingerprint density at radius 2 is 1.44 bits per heavy atom. The van der Waals surface area contributed by atoms with Crippen molar-refractivity contribution in [3.63, 3.8) is 0 Å². The van der Waals surface area contributed by atoms with E-state index in [-0.39, 0.29) is 0 Å². The molecule has 2 rings (SSSR count). The molecule has 0 saturated carbocycles. The standard InChI is InChI=1S/C16H32N2/c1-4-5-14(2)18-12-8-16(9-13-18)15-6-10-17(3)11-7-15/h14-16H,4-13H2,1-3H3. The normalized spacial score (nSPS) is 27.5. The van der Waals surface area contributed by atoms with Crippen molar-refractivity contribution >= 4 is 0 Å². The average Bonchev–Trinajstić information content (AvgIpc) is 2.40. The molecule has 1 atom stereocenters. The molecule has 0 spiro atoms. The summed E-state index contributed by atoms with van der Waals surface area (Å²) in [7, 11) is 2.27. The van der Waals surface area contributed by atoms with Gasteiger partial charge in [0.1, 0.15) is 0 Å². The summed E-state index contributed by atoms with van der Waals surface area (Å²) in [4.78, 5) is 5.23. The Morgan fingerprint density at radius 3 is 1.94 bits per heavy atom. The van der Waals surface area contributed by atoms with Crippen molar-refractivity contribution in [2.75, 3.05) is 33.2 Å². The van der Waals surface area contributed by atoms with Crippen molar-refractivity contribution in [3.05, 3.63) is 0 Å². The van der Waals surface area contributed by atoms with Crippen molar-refractivity contribution in [1.29, 1.82) is 0 Å². The fourth-order valence-electron chi connectivity index (χ4n) is 3.93. The Hall–Kier alpha value is -0.0800. The van der Waals surface area contributed by atoms with Gasteiger partial charge in [-0.3, -0.25) is 0 Å². The van der Waals surface area contributed by atoms with Gasteiger partial charge in [-0.05, 0) is 84.1 Å². The van der Waals surface area contributed by atoms with Gasteiger partial charge in [0.15, 0.2) is 0 Å². The van der Waals surface area contributed by atoms with E-state index in [1.807, 2.05) is 0 Å². The van der Waals surface area contributed by atoms with Crippen LogP contribution in [0.3, 0.4) is 0 Å². The molecular weight excluding hydrogens is 220 g/mol.